The largest absolute Gasteiger partial charge is 0.337 e. The summed E-state index contributed by atoms with van der Waals surface area (Å²) in [7, 11) is 0. The van der Waals surface area contributed by atoms with Crippen LogP contribution < -0.4 is 0 Å². The molecule has 2 atom stereocenters. The maximum absolute atomic E-state index is 12.4. The van der Waals surface area contributed by atoms with Gasteiger partial charge in [-0.05, 0) is 57.4 Å². The van der Waals surface area contributed by atoms with Crippen LogP contribution in [-0.2, 0) is 4.79 Å². The molecular formula is C17H22ClNO2. The Balaban J connectivity index is 1.91. The Bertz CT molecular complexity index is 502. The smallest absolute Gasteiger partial charge is 0.223 e. The molecule has 1 amide bonds. The summed E-state index contributed by atoms with van der Waals surface area (Å²) in [6, 6.07) is 7.39. The fourth-order valence-electron chi connectivity index (χ4n) is 3.04. The Hall–Kier alpha value is -1.35. The molecule has 1 heterocycles. The molecule has 0 saturated carbocycles. The topological polar surface area (TPSA) is 37.4 Å². The molecular weight excluding hydrogens is 286 g/mol. The first-order valence-electron chi connectivity index (χ1n) is 7.59. The number of amides is 1. The van der Waals surface area contributed by atoms with Crippen LogP contribution in [0, 0.1) is 0 Å². The zero-order chi connectivity index (χ0) is 15.4. The van der Waals surface area contributed by atoms with E-state index < -0.39 is 0 Å². The second kappa shape index (κ2) is 7.08. The van der Waals surface area contributed by atoms with Gasteiger partial charge in [0.25, 0.3) is 0 Å². The summed E-state index contributed by atoms with van der Waals surface area (Å²) in [6.07, 6.45) is 3.84. The van der Waals surface area contributed by atoms with Gasteiger partial charge in [0, 0.05) is 35.5 Å². The number of rotatable bonds is 4. The van der Waals surface area contributed by atoms with Gasteiger partial charge in [-0.3, -0.25) is 9.59 Å². The van der Waals surface area contributed by atoms with Gasteiger partial charge < -0.3 is 4.90 Å². The van der Waals surface area contributed by atoms with Gasteiger partial charge in [-0.1, -0.05) is 11.6 Å². The first-order valence-corrected chi connectivity index (χ1v) is 7.96. The number of halogens is 1. The lowest BCUT2D eigenvalue weighted by Gasteiger charge is -2.39. The van der Waals surface area contributed by atoms with Crippen LogP contribution in [0.3, 0.4) is 0 Å². The summed E-state index contributed by atoms with van der Waals surface area (Å²) in [5, 5.41) is 0.610. The average Bonchev–Trinajstić information content (AvgIpc) is 2.45. The number of piperidine rings is 1. The zero-order valence-electron chi connectivity index (χ0n) is 12.6. The van der Waals surface area contributed by atoms with Crippen LogP contribution in [0.4, 0.5) is 0 Å². The third-order valence-corrected chi connectivity index (χ3v) is 4.47. The van der Waals surface area contributed by atoms with Crippen molar-refractivity contribution in [1.82, 2.24) is 4.90 Å². The van der Waals surface area contributed by atoms with Crippen molar-refractivity contribution in [2.24, 2.45) is 0 Å². The van der Waals surface area contributed by atoms with Crippen LogP contribution in [0.5, 0.6) is 0 Å². The molecule has 0 radical (unpaired) electrons. The predicted molar refractivity (Wildman–Crippen MR) is 84.6 cm³/mol. The van der Waals surface area contributed by atoms with Crippen LogP contribution in [0.25, 0.3) is 0 Å². The lowest BCUT2D eigenvalue weighted by Crippen LogP contribution is -2.47. The molecule has 2 unspecified atom stereocenters. The van der Waals surface area contributed by atoms with Crippen molar-refractivity contribution in [2.75, 3.05) is 0 Å². The second-order valence-electron chi connectivity index (χ2n) is 5.86. The van der Waals surface area contributed by atoms with E-state index in [0.29, 0.717) is 10.6 Å². The molecule has 1 aromatic carbocycles. The maximum atomic E-state index is 12.4. The third-order valence-electron chi connectivity index (χ3n) is 4.21. The summed E-state index contributed by atoms with van der Waals surface area (Å²) in [5.41, 5.74) is 0.618. The average molecular weight is 308 g/mol. The minimum Gasteiger partial charge on any atom is -0.337 e. The van der Waals surface area contributed by atoms with Gasteiger partial charge in [-0.15, -0.1) is 0 Å². The predicted octanol–water partition coefficient (Wildman–Crippen LogP) is 4.09. The van der Waals surface area contributed by atoms with Crippen LogP contribution >= 0.6 is 11.6 Å². The number of hydrogen-bond donors (Lipinski definition) is 0. The van der Waals surface area contributed by atoms with Gasteiger partial charge in [0.15, 0.2) is 5.78 Å². The molecule has 1 fully saturated rings. The fraction of sp³-hybridized carbons (Fsp3) is 0.529. The third kappa shape index (κ3) is 4.07. The SMILES string of the molecule is CC1CCCC(C)N1C(=O)CCC(=O)c1ccc(Cl)cc1. The fourth-order valence-corrected chi connectivity index (χ4v) is 3.17. The molecule has 0 N–H and O–H groups in total. The number of ketones is 1. The molecule has 21 heavy (non-hydrogen) atoms. The summed E-state index contributed by atoms with van der Waals surface area (Å²) in [6.45, 7) is 4.18. The number of benzene rings is 1. The van der Waals surface area contributed by atoms with E-state index in [4.69, 9.17) is 11.6 Å². The molecule has 1 saturated heterocycles. The van der Waals surface area contributed by atoms with E-state index in [2.05, 4.69) is 13.8 Å². The molecule has 2 rings (SSSR count). The monoisotopic (exact) mass is 307 g/mol. The van der Waals surface area contributed by atoms with Crippen LogP contribution in [0.2, 0.25) is 5.02 Å². The van der Waals surface area contributed by atoms with Crippen molar-refractivity contribution in [3.05, 3.63) is 34.9 Å². The molecule has 0 spiro atoms. The van der Waals surface area contributed by atoms with Crippen molar-refractivity contribution in [3.63, 3.8) is 0 Å². The molecule has 114 valence electrons. The van der Waals surface area contributed by atoms with Gasteiger partial charge in [-0.2, -0.15) is 0 Å². The lowest BCUT2D eigenvalue weighted by molar-refractivity contribution is -0.137. The summed E-state index contributed by atoms with van der Waals surface area (Å²) in [4.78, 5) is 26.4. The number of hydrogen-bond acceptors (Lipinski definition) is 2. The lowest BCUT2D eigenvalue weighted by atomic mass is 9.96. The normalized spacial score (nSPS) is 22.1. The number of Topliss-reactive ketones (excluding diaryl/α,β-unsaturated/α-hetero) is 1. The number of nitrogens with zero attached hydrogens (tertiary/aromatic N) is 1. The molecule has 1 aliphatic heterocycles. The Labute approximate surface area is 131 Å². The highest BCUT2D eigenvalue weighted by Gasteiger charge is 2.28. The van der Waals surface area contributed by atoms with Crippen LogP contribution in [0.15, 0.2) is 24.3 Å². The zero-order valence-corrected chi connectivity index (χ0v) is 13.4. The van der Waals surface area contributed by atoms with Gasteiger partial charge in [0.2, 0.25) is 5.91 Å². The maximum Gasteiger partial charge on any atom is 0.223 e. The van der Waals surface area contributed by atoms with Crippen LogP contribution in [-0.4, -0.2) is 28.7 Å². The quantitative estimate of drug-likeness (QED) is 0.786. The minimum atomic E-state index is -0.00247. The van der Waals surface area contributed by atoms with E-state index in [1.807, 2.05) is 4.90 Å². The van der Waals surface area contributed by atoms with Gasteiger partial charge in [-0.25, -0.2) is 0 Å². The standard InChI is InChI=1S/C17H22ClNO2/c1-12-4-3-5-13(2)19(12)17(21)11-10-16(20)14-6-8-15(18)9-7-14/h6-9,12-13H,3-5,10-11H2,1-2H3. The number of carbonyl (C=O) groups is 2. The van der Waals surface area contributed by atoms with Gasteiger partial charge in [0.1, 0.15) is 0 Å². The van der Waals surface area contributed by atoms with Gasteiger partial charge in [0.05, 0.1) is 0 Å². The molecule has 1 aliphatic rings. The molecule has 0 aromatic heterocycles. The number of carbonyl (C=O) groups excluding carboxylic acids is 2. The van der Waals surface area contributed by atoms with E-state index in [9.17, 15) is 9.59 Å². The van der Waals surface area contributed by atoms with Crippen molar-refractivity contribution in [2.45, 2.75) is 58.0 Å². The van der Waals surface area contributed by atoms with Crippen molar-refractivity contribution in [3.8, 4) is 0 Å². The van der Waals surface area contributed by atoms with Crippen molar-refractivity contribution in [1.29, 1.82) is 0 Å². The Morgan fingerprint density at radius 2 is 1.67 bits per heavy atom. The van der Waals surface area contributed by atoms with E-state index in [-0.39, 0.29) is 36.6 Å². The minimum absolute atomic E-state index is 0.00247. The van der Waals surface area contributed by atoms with Crippen molar-refractivity contribution < 1.29 is 9.59 Å². The van der Waals surface area contributed by atoms with Crippen molar-refractivity contribution >= 4 is 23.3 Å². The second-order valence-corrected chi connectivity index (χ2v) is 6.30. The molecule has 0 bridgehead atoms. The summed E-state index contributed by atoms with van der Waals surface area (Å²) >= 11 is 5.81. The molecule has 3 nitrogen and oxygen atoms in total. The first-order chi connectivity index (χ1) is 9.99. The van der Waals surface area contributed by atoms with Crippen LogP contribution in [0.1, 0.15) is 56.3 Å². The first kappa shape index (κ1) is 16.0. The molecule has 1 aromatic rings. The highest BCUT2D eigenvalue weighted by molar-refractivity contribution is 6.30. The van der Waals surface area contributed by atoms with Gasteiger partial charge >= 0.3 is 0 Å². The highest BCUT2D eigenvalue weighted by Crippen LogP contribution is 2.23. The summed E-state index contributed by atoms with van der Waals surface area (Å²) in [5.74, 6) is 0.0920. The number of likely N-dealkylation sites (tertiary alicyclic amines) is 1. The van der Waals surface area contributed by atoms with E-state index in [0.717, 1.165) is 12.8 Å². The highest BCUT2D eigenvalue weighted by atomic mass is 35.5. The Morgan fingerprint density at radius 1 is 1.10 bits per heavy atom. The van der Waals surface area contributed by atoms with E-state index >= 15 is 0 Å². The summed E-state index contributed by atoms with van der Waals surface area (Å²) < 4.78 is 0. The Kier molecular flexibility index (Phi) is 5.40. The van der Waals surface area contributed by atoms with E-state index in [1.165, 1.54) is 6.42 Å². The Morgan fingerprint density at radius 3 is 2.24 bits per heavy atom. The molecule has 4 heteroatoms. The van der Waals surface area contributed by atoms with E-state index in [1.54, 1.807) is 24.3 Å². The molecule has 0 aliphatic carbocycles.